The minimum Gasteiger partial charge on any atom is -0.497 e. The molecule has 0 saturated heterocycles. The highest BCUT2D eigenvalue weighted by atomic mass is 32.2. The molecule has 0 unspecified atom stereocenters. The van der Waals surface area contributed by atoms with Crippen molar-refractivity contribution in [3.63, 3.8) is 0 Å². The van der Waals surface area contributed by atoms with Gasteiger partial charge in [-0.05, 0) is 48.9 Å². The lowest BCUT2D eigenvalue weighted by atomic mass is 10.2. The summed E-state index contributed by atoms with van der Waals surface area (Å²) in [6.45, 7) is 3.62. The fraction of sp³-hybridized carbons (Fsp3) is 0.278. The van der Waals surface area contributed by atoms with Gasteiger partial charge in [-0.3, -0.25) is 4.79 Å². The van der Waals surface area contributed by atoms with Crippen molar-refractivity contribution in [2.45, 2.75) is 18.7 Å². The standard InChI is InChI=1S/C18H22N2O4S/c1-14-5-4-6-18(13-14)25(22,23)19-11-12-20(15(2)21)16-7-9-17(24-3)10-8-16/h4-10,13,19H,11-12H2,1-3H3. The maximum absolute atomic E-state index is 12.3. The number of methoxy groups -OCH3 is 1. The third kappa shape index (κ3) is 5.04. The van der Waals surface area contributed by atoms with E-state index in [2.05, 4.69) is 4.72 Å². The first-order chi connectivity index (χ1) is 11.8. The summed E-state index contributed by atoms with van der Waals surface area (Å²) in [6, 6.07) is 13.7. The van der Waals surface area contributed by atoms with E-state index in [0.717, 1.165) is 5.56 Å². The van der Waals surface area contributed by atoms with Crippen molar-refractivity contribution in [1.29, 1.82) is 0 Å². The van der Waals surface area contributed by atoms with Crippen molar-refractivity contribution in [1.82, 2.24) is 4.72 Å². The predicted molar refractivity (Wildman–Crippen MR) is 97.4 cm³/mol. The quantitative estimate of drug-likeness (QED) is 0.820. The summed E-state index contributed by atoms with van der Waals surface area (Å²) < 4.78 is 32.3. The molecule has 7 heteroatoms. The van der Waals surface area contributed by atoms with Crippen LogP contribution in [0.5, 0.6) is 5.75 Å². The number of carbonyl (C=O) groups is 1. The number of hydrogen-bond acceptors (Lipinski definition) is 4. The van der Waals surface area contributed by atoms with Crippen LogP contribution in [-0.4, -0.2) is 34.5 Å². The molecule has 0 aliphatic rings. The summed E-state index contributed by atoms with van der Waals surface area (Å²) in [7, 11) is -2.04. The van der Waals surface area contributed by atoms with Crippen LogP contribution in [0.2, 0.25) is 0 Å². The molecule has 0 aromatic heterocycles. The highest BCUT2D eigenvalue weighted by Crippen LogP contribution is 2.19. The second-order valence-electron chi connectivity index (χ2n) is 5.58. The van der Waals surface area contributed by atoms with E-state index >= 15 is 0 Å². The molecule has 0 bridgehead atoms. The monoisotopic (exact) mass is 362 g/mol. The van der Waals surface area contributed by atoms with Gasteiger partial charge in [0.2, 0.25) is 15.9 Å². The number of rotatable bonds is 7. The van der Waals surface area contributed by atoms with Crippen LogP contribution in [0.1, 0.15) is 12.5 Å². The lowest BCUT2D eigenvalue weighted by molar-refractivity contribution is -0.116. The molecule has 25 heavy (non-hydrogen) atoms. The van der Waals surface area contributed by atoms with Crippen LogP contribution in [0.25, 0.3) is 0 Å². The molecular weight excluding hydrogens is 340 g/mol. The third-order valence-electron chi connectivity index (χ3n) is 3.69. The molecule has 1 N–H and O–H groups in total. The summed E-state index contributed by atoms with van der Waals surface area (Å²) in [6.07, 6.45) is 0. The van der Waals surface area contributed by atoms with Crippen LogP contribution < -0.4 is 14.4 Å². The molecule has 6 nitrogen and oxygen atoms in total. The van der Waals surface area contributed by atoms with Crippen molar-refractivity contribution in [3.8, 4) is 5.75 Å². The van der Waals surface area contributed by atoms with Gasteiger partial charge in [0.1, 0.15) is 5.75 Å². The number of sulfonamides is 1. The molecule has 0 aliphatic heterocycles. The van der Waals surface area contributed by atoms with Crippen LogP contribution in [0.3, 0.4) is 0 Å². The van der Waals surface area contributed by atoms with Gasteiger partial charge in [-0.2, -0.15) is 0 Å². The number of aryl methyl sites for hydroxylation is 1. The zero-order valence-electron chi connectivity index (χ0n) is 14.5. The van der Waals surface area contributed by atoms with E-state index in [1.807, 2.05) is 13.0 Å². The molecule has 0 radical (unpaired) electrons. The first-order valence-electron chi connectivity index (χ1n) is 7.82. The first-order valence-corrected chi connectivity index (χ1v) is 9.30. The van der Waals surface area contributed by atoms with E-state index in [1.54, 1.807) is 49.6 Å². The normalized spacial score (nSPS) is 11.2. The van der Waals surface area contributed by atoms with E-state index in [0.29, 0.717) is 11.4 Å². The number of carbonyl (C=O) groups excluding carboxylic acids is 1. The SMILES string of the molecule is COc1ccc(N(CCNS(=O)(=O)c2cccc(C)c2)C(C)=O)cc1. The fourth-order valence-corrected chi connectivity index (χ4v) is 3.51. The van der Waals surface area contributed by atoms with Crippen molar-refractivity contribution in [2.24, 2.45) is 0 Å². The molecule has 2 rings (SSSR count). The van der Waals surface area contributed by atoms with Gasteiger partial charge in [-0.15, -0.1) is 0 Å². The number of benzene rings is 2. The lowest BCUT2D eigenvalue weighted by Gasteiger charge is -2.21. The van der Waals surface area contributed by atoms with Crippen LogP contribution in [0.4, 0.5) is 5.69 Å². The van der Waals surface area contributed by atoms with Crippen LogP contribution in [0.15, 0.2) is 53.4 Å². The van der Waals surface area contributed by atoms with Gasteiger partial charge in [0.25, 0.3) is 0 Å². The van der Waals surface area contributed by atoms with Crippen molar-refractivity contribution < 1.29 is 17.9 Å². The topological polar surface area (TPSA) is 75.7 Å². The zero-order chi connectivity index (χ0) is 18.4. The molecule has 2 aromatic carbocycles. The van der Waals surface area contributed by atoms with Gasteiger partial charge in [0.05, 0.1) is 12.0 Å². The van der Waals surface area contributed by atoms with Gasteiger partial charge >= 0.3 is 0 Å². The number of amides is 1. The Labute approximate surface area is 148 Å². The Morgan fingerprint density at radius 1 is 1.16 bits per heavy atom. The Morgan fingerprint density at radius 3 is 2.40 bits per heavy atom. The van der Waals surface area contributed by atoms with Gasteiger partial charge < -0.3 is 9.64 Å². The summed E-state index contributed by atoms with van der Waals surface area (Å²) in [5.74, 6) is 0.521. The second kappa shape index (κ2) is 8.13. The minimum absolute atomic E-state index is 0.113. The number of nitrogens with zero attached hydrogens (tertiary/aromatic N) is 1. The fourth-order valence-electron chi connectivity index (χ4n) is 2.39. The average Bonchev–Trinajstić information content (AvgIpc) is 2.58. The largest absolute Gasteiger partial charge is 0.497 e. The van der Waals surface area contributed by atoms with Crippen molar-refractivity contribution in [3.05, 3.63) is 54.1 Å². The molecule has 134 valence electrons. The molecule has 0 atom stereocenters. The van der Waals surface area contributed by atoms with E-state index in [-0.39, 0.29) is 23.9 Å². The van der Waals surface area contributed by atoms with E-state index in [9.17, 15) is 13.2 Å². The molecular formula is C18H22N2O4S. The van der Waals surface area contributed by atoms with Crippen LogP contribution in [-0.2, 0) is 14.8 Å². The lowest BCUT2D eigenvalue weighted by Crippen LogP contribution is -2.37. The molecule has 0 saturated carbocycles. The number of hydrogen-bond donors (Lipinski definition) is 1. The second-order valence-corrected chi connectivity index (χ2v) is 7.35. The van der Waals surface area contributed by atoms with E-state index in [4.69, 9.17) is 4.74 Å². The van der Waals surface area contributed by atoms with Crippen molar-refractivity contribution in [2.75, 3.05) is 25.1 Å². The van der Waals surface area contributed by atoms with Crippen LogP contribution >= 0.6 is 0 Å². The van der Waals surface area contributed by atoms with Crippen LogP contribution in [0, 0.1) is 6.92 Å². The maximum atomic E-state index is 12.3. The number of ether oxygens (including phenoxy) is 1. The number of nitrogens with one attached hydrogen (secondary N) is 1. The van der Waals surface area contributed by atoms with Crippen molar-refractivity contribution >= 4 is 21.6 Å². The highest BCUT2D eigenvalue weighted by Gasteiger charge is 2.16. The van der Waals surface area contributed by atoms with Gasteiger partial charge in [0.15, 0.2) is 0 Å². The average molecular weight is 362 g/mol. The Kier molecular flexibility index (Phi) is 6.17. The van der Waals surface area contributed by atoms with Gasteiger partial charge in [-0.25, -0.2) is 13.1 Å². The smallest absolute Gasteiger partial charge is 0.240 e. The summed E-state index contributed by atoms with van der Waals surface area (Å²) in [5.41, 5.74) is 1.55. The summed E-state index contributed by atoms with van der Waals surface area (Å²) in [4.78, 5) is 13.6. The Hall–Kier alpha value is -2.38. The highest BCUT2D eigenvalue weighted by molar-refractivity contribution is 7.89. The number of anilines is 1. The Balaban J connectivity index is 2.05. The van der Waals surface area contributed by atoms with Gasteiger partial charge in [0, 0.05) is 25.7 Å². The maximum Gasteiger partial charge on any atom is 0.240 e. The molecule has 1 amide bonds. The molecule has 0 aliphatic carbocycles. The minimum atomic E-state index is -3.60. The molecule has 2 aromatic rings. The van der Waals surface area contributed by atoms with E-state index < -0.39 is 10.0 Å². The molecule has 0 spiro atoms. The van der Waals surface area contributed by atoms with Gasteiger partial charge in [-0.1, -0.05) is 12.1 Å². The predicted octanol–water partition coefficient (Wildman–Crippen LogP) is 2.34. The Morgan fingerprint density at radius 2 is 1.84 bits per heavy atom. The van der Waals surface area contributed by atoms with E-state index in [1.165, 1.54) is 11.8 Å². The Bertz CT molecular complexity index is 832. The molecule has 0 heterocycles. The first kappa shape index (κ1) is 19.0. The summed E-state index contributed by atoms with van der Waals surface area (Å²) >= 11 is 0. The third-order valence-corrected chi connectivity index (χ3v) is 5.15. The summed E-state index contributed by atoms with van der Waals surface area (Å²) in [5, 5.41) is 0. The molecule has 0 fully saturated rings. The zero-order valence-corrected chi connectivity index (χ0v) is 15.3.